The predicted octanol–water partition coefficient (Wildman–Crippen LogP) is 2.65. The van der Waals surface area contributed by atoms with Crippen molar-refractivity contribution in [2.24, 2.45) is 5.92 Å². The number of ether oxygens (including phenoxy) is 1. The normalized spacial score (nSPS) is 16.1. The maximum atomic E-state index is 5.49. The van der Waals surface area contributed by atoms with E-state index in [0.29, 0.717) is 0 Å². The van der Waals surface area contributed by atoms with Crippen molar-refractivity contribution in [3.8, 4) is 5.75 Å². The Bertz CT molecular complexity index is 433. The lowest BCUT2D eigenvalue weighted by molar-refractivity contribution is 0.352. The van der Waals surface area contributed by atoms with Gasteiger partial charge in [-0.25, -0.2) is 0 Å². The van der Waals surface area contributed by atoms with Gasteiger partial charge in [-0.2, -0.15) is 0 Å². The Hall–Kier alpha value is -1.22. The van der Waals surface area contributed by atoms with Crippen LogP contribution in [0.5, 0.6) is 5.75 Å². The molecule has 0 aromatic heterocycles. The average molecular weight is 262 g/mol. The van der Waals surface area contributed by atoms with E-state index in [0.717, 1.165) is 31.3 Å². The Morgan fingerprint density at radius 2 is 2.00 bits per heavy atom. The number of nitrogens with one attached hydrogen (secondary N) is 1. The fourth-order valence-corrected chi connectivity index (χ4v) is 2.49. The second kappa shape index (κ2) is 5.41. The Kier molecular flexibility index (Phi) is 4.04. The number of nitrogens with zero attached hydrogens (tertiary/aromatic N) is 1. The molecular formula is C16H26N2O. The number of methoxy groups -OCH3 is 1. The van der Waals surface area contributed by atoms with Crippen molar-refractivity contribution in [2.45, 2.75) is 26.2 Å². The minimum Gasteiger partial charge on any atom is -0.496 e. The van der Waals surface area contributed by atoms with Crippen molar-refractivity contribution in [3.05, 3.63) is 23.8 Å². The Labute approximate surface area is 116 Å². The molecule has 0 amide bonds. The van der Waals surface area contributed by atoms with Crippen LogP contribution in [-0.4, -0.2) is 33.8 Å². The Balaban J connectivity index is 2.21. The SMILES string of the molecule is COc1ccc(N(C)CC2CNC2)cc1C(C)(C)C. The lowest BCUT2D eigenvalue weighted by Gasteiger charge is -2.33. The van der Waals surface area contributed by atoms with Gasteiger partial charge in [-0.05, 0) is 23.6 Å². The molecule has 0 unspecified atom stereocenters. The topological polar surface area (TPSA) is 24.5 Å². The molecule has 1 N–H and O–H groups in total. The molecule has 0 saturated carbocycles. The van der Waals surface area contributed by atoms with Crippen LogP contribution in [0.1, 0.15) is 26.3 Å². The molecule has 1 aromatic carbocycles. The van der Waals surface area contributed by atoms with Crippen LogP contribution in [0, 0.1) is 5.92 Å². The van der Waals surface area contributed by atoms with Gasteiger partial charge in [-0.1, -0.05) is 20.8 Å². The first-order chi connectivity index (χ1) is 8.91. The summed E-state index contributed by atoms with van der Waals surface area (Å²) in [6.45, 7) is 10.1. The fraction of sp³-hybridized carbons (Fsp3) is 0.625. The number of hydrogen-bond donors (Lipinski definition) is 1. The van der Waals surface area contributed by atoms with Gasteiger partial charge < -0.3 is 15.0 Å². The van der Waals surface area contributed by atoms with E-state index in [1.807, 2.05) is 0 Å². The van der Waals surface area contributed by atoms with Gasteiger partial charge in [0.2, 0.25) is 0 Å². The van der Waals surface area contributed by atoms with E-state index in [-0.39, 0.29) is 5.41 Å². The van der Waals surface area contributed by atoms with Crippen molar-refractivity contribution in [1.29, 1.82) is 0 Å². The van der Waals surface area contributed by atoms with E-state index in [9.17, 15) is 0 Å². The summed E-state index contributed by atoms with van der Waals surface area (Å²) in [5.74, 6) is 1.76. The molecule has 1 aliphatic rings. The zero-order valence-corrected chi connectivity index (χ0v) is 12.8. The van der Waals surface area contributed by atoms with Gasteiger partial charge in [0.15, 0.2) is 0 Å². The molecule has 1 aromatic rings. The van der Waals surface area contributed by atoms with Crippen molar-refractivity contribution in [2.75, 3.05) is 38.7 Å². The van der Waals surface area contributed by atoms with E-state index in [1.165, 1.54) is 11.3 Å². The number of benzene rings is 1. The van der Waals surface area contributed by atoms with E-state index >= 15 is 0 Å². The Morgan fingerprint density at radius 1 is 1.32 bits per heavy atom. The lowest BCUT2D eigenvalue weighted by Crippen LogP contribution is -2.47. The fourth-order valence-electron chi connectivity index (χ4n) is 2.49. The summed E-state index contributed by atoms with van der Waals surface area (Å²) < 4.78 is 5.49. The van der Waals surface area contributed by atoms with Crippen molar-refractivity contribution in [3.63, 3.8) is 0 Å². The zero-order valence-electron chi connectivity index (χ0n) is 12.8. The highest BCUT2D eigenvalue weighted by molar-refractivity contribution is 5.54. The Morgan fingerprint density at radius 3 is 2.47 bits per heavy atom. The van der Waals surface area contributed by atoms with Crippen LogP contribution in [0.2, 0.25) is 0 Å². The van der Waals surface area contributed by atoms with Crippen LogP contribution in [0.4, 0.5) is 5.69 Å². The number of anilines is 1. The summed E-state index contributed by atoms with van der Waals surface area (Å²) in [7, 11) is 3.92. The van der Waals surface area contributed by atoms with Crippen molar-refractivity contribution >= 4 is 5.69 Å². The summed E-state index contributed by atoms with van der Waals surface area (Å²) in [6, 6.07) is 6.51. The molecule has 106 valence electrons. The lowest BCUT2D eigenvalue weighted by atomic mass is 9.86. The van der Waals surface area contributed by atoms with Gasteiger partial charge in [-0.3, -0.25) is 0 Å². The van der Waals surface area contributed by atoms with Crippen molar-refractivity contribution < 1.29 is 4.74 Å². The molecule has 1 aliphatic heterocycles. The van der Waals surface area contributed by atoms with Crippen LogP contribution >= 0.6 is 0 Å². The maximum Gasteiger partial charge on any atom is 0.122 e. The van der Waals surface area contributed by atoms with Gasteiger partial charge in [0.05, 0.1) is 7.11 Å². The first-order valence-electron chi connectivity index (χ1n) is 7.02. The summed E-state index contributed by atoms with van der Waals surface area (Å²) in [4.78, 5) is 2.35. The molecule has 0 atom stereocenters. The third-order valence-corrected chi connectivity index (χ3v) is 3.83. The molecule has 1 heterocycles. The van der Waals surface area contributed by atoms with Crippen LogP contribution in [0.15, 0.2) is 18.2 Å². The summed E-state index contributed by atoms with van der Waals surface area (Å²) in [5, 5.41) is 3.33. The number of rotatable bonds is 4. The van der Waals surface area contributed by atoms with Crippen molar-refractivity contribution in [1.82, 2.24) is 5.32 Å². The van der Waals surface area contributed by atoms with Gasteiger partial charge in [0.1, 0.15) is 5.75 Å². The van der Waals surface area contributed by atoms with Crippen LogP contribution in [-0.2, 0) is 5.41 Å². The predicted molar refractivity (Wildman–Crippen MR) is 81.3 cm³/mol. The molecule has 1 saturated heterocycles. The third kappa shape index (κ3) is 3.21. The molecule has 1 fully saturated rings. The largest absolute Gasteiger partial charge is 0.496 e. The summed E-state index contributed by atoms with van der Waals surface area (Å²) in [6.07, 6.45) is 0. The maximum absolute atomic E-state index is 5.49. The van der Waals surface area contributed by atoms with Crippen LogP contribution in [0.3, 0.4) is 0 Å². The minimum absolute atomic E-state index is 0.0974. The molecule has 0 bridgehead atoms. The highest BCUT2D eigenvalue weighted by Gasteiger charge is 2.22. The second-order valence-electron chi connectivity index (χ2n) is 6.54. The van der Waals surface area contributed by atoms with E-state index in [1.54, 1.807) is 7.11 Å². The van der Waals surface area contributed by atoms with Gasteiger partial charge >= 0.3 is 0 Å². The molecule has 3 nitrogen and oxygen atoms in total. The number of hydrogen-bond acceptors (Lipinski definition) is 3. The molecule has 0 aliphatic carbocycles. The summed E-state index contributed by atoms with van der Waals surface area (Å²) >= 11 is 0. The van der Waals surface area contributed by atoms with E-state index < -0.39 is 0 Å². The molecule has 19 heavy (non-hydrogen) atoms. The zero-order chi connectivity index (χ0) is 14.0. The summed E-state index contributed by atoms with van der Waals surface area (Å²) in [5.41, 5.74) is 2.64. The minimum atomic E-state index is 0.0974. The molecular weight excluding hydrogens is 236 g/mol. The monoisotopic (exact) mass is 262 g/mol. The van der Waals surface area contributed by atoms with E-state index in [4.69, 9.17) is 4.74 Å². The first-order valence-corrected chi connectivity index (χ1v) is 7.02. The highest BCUT2D eigenvalue weighted by atomic mass is 16.5. The molecule has 3 heteroatoms. The standard InChI is InChI=1S/C16H26N2O/c1-16(2,3)14-8-13(6-7-15(14)19-5)18(4)11-12-9-17-10-12/h6-8,12,17H,9-11H2,1-5H3. The second-order valence-corrected chi connectivity index (χ2v) is 6.54. The van der Waals surface area contributed by atoms with Crippen LogP contribution in [0.25, 0.3) is 0 Å². The quantitative estimate of drug-likeness (QED) is 0.903. The van der Waals surface area contributed by atoms with Gasteiger partial charge in [-0.15, -0.1) is 0 Å². The third-order valence-electron chi connectivity index (χ3n) is 3.83. The molecule has 0 radical (unpaired) electrons. The first kappa shape index (κ1) is 14.2. The molecule has 2 rings (SSSR count). The smallest absolute Gasteiger partial charge is 0.122 e. The van der Waals surface area contributed by atoms with Crippen LogP contribution < -0.4 is 15.0 Å². The van der Waals surface area contributed by atoms with Gasteiger partial charge in [0.25, 0.3) is 0 Å². The molecule has 0 spiro atoms. The average Bonchev–Trinajstić information content (AvgIpc) is 2.31. The van der Waals surface area contributed by atoms with Gasteiger partial charge in [0, 0.05) is 43.9 Å². The van der Waals surface area contributed by atoms with E-state index in [2.05, 4.69) is 56.2 Å². The highest BCUT2D eigenvalue weighted by Crippen LogP contribution is 2.34.